The molecule has 96 valence electrons. The second-order valence-electron chi connectivity index (χ2n) is 4.57. The lowest BCUT2D eigenvalue weighted by molar-refractivity contribution is 0.286. The van der Waals surface area contributed by atoms with Gasteiger partial charge in [0.15, 0.2) is 0 Å². The molecular weight excluding hydrogens is 298 g/mol. The zero-order valence-corrected chi connectivity index (χ0v) is 12.9. The van der Waals surface area contributed by atoms with Gasteiger partial charge >= 0.3 is 0 Å². The highest BCUT2D eigenvalue weighted by Crippen LogP contribution is 2.27. The van der Waals surface area contributed by atoms with Crippen molar-refractivity contribution in [3.05, 3.63) is 34.3 Å². The van der Waals surface area contributed by atoms with Crippen LogP contribution in [0.4, 0.5) is 0 Å². The minimum absolute atomic E-state index is 0.244. The lowest BCUT2D eigenvalue weighted by Crippen LogP contribution is -2.34. The zero-order chi connectivity index (χ0) is 12.7. The van der Waals surface area contributed by atoms with Crippen LogP contribution in [0, 0.1) is 5.41 Å². The van der Waals surface area contributed by atoms with Gasteiger partial charge in [-0.3, -0.25) is 0 Å². The minimum atomic E-state index is 0.244. The Hall–Kier alpha value is -0.0500. The summed E-state index contributed by atoms with van der Waals surface area (Å²) in [6.07, 6.45) is 2.25. The van der Waals surface area contributed by atoms with E-state index in [9.17, 15) is 0 Å². The van der Waals surface area contributed by atoms with Gasteiger partial charge in [0.2, 0.25) is 0 Å². The molecule has 0 amide bonds. The third-order valence-corrected chi connectivity index (χ3v) is 4.56. The number of rotatable bonds is 7. The molecule has 0 unspecified atom stereocenters. The van der Waals surface area contributed by atoms with E-state index in [0.717, 1.165) is 36.3 Å². The van der Waals surface area contributed by atoms with Gasteiger partial charge in [-0.25, -0.2) is 0 Å². The standard InChI is InChI=1S/C14H21BrClN/c1-3-14(4-2,10-16)11-17-9-12-6-5-7-13(15)8-12/h5-8,17H,3-4,9-11H2,1-2H3. The SMILES string of the molecule is CCC(CC)(CCl)CNCc1cccc(Br)c1. The number of nitrogens with one attached hydrogen (secondary N) is 1. The smallest absolute Gasteiger partial charge is 0.0291 e. The van der Waals surface area contributed by atoms with Crippen molar-refractivity contribution in [2.24, 2.45) is 5.41 Å². The average Bonchev–Trinajstić information content (AvgIpc) is 2.35. The fourth-order valence-corrected chi connectivity index (χ4v) is 2.77. The van der Waals surface area contributed by atoms with Gasteiger partial charge in [0.25, 0.3) is 0 Å². The Balaban J connectivity index is 2.46. The monoisotopic (exact) mass is 317 g/mol. The Labute approximate surface area is 118 Å². The Morgan fingerprint density at radius 3 is 2.53 bits per heavy atom. The Bertz CT molecular complexity index is 328. The van der Waals surface area contributed by atoms with E-state index in [4.69, 9.17) is 11.6 Å². The molecule has 1 aromatic rings. The highest BCUT2D eigenvalue weighted by molar-refractivity contribution is 9.10. The van der Waals surface area contributed by atoms with Gasteiger partial charge in [-0.15, -0.1) is 11.6 Å². The van der Waals surface area contributed by atoms with Gasteiger partial charge in [0.1, 0.15) is 0 Å². The summed E-state index contributed by atoms with van der Waals surface area (Å²) < 4.78 is 1.13. The first-order valence-corrected chi connectivity index (χ1v) is 7.49. The summed E-state index contributed by atoms with van der Waals surface area (Å²) in [5.41, 5.74) is 1.54. The second-order valence-corrected chi connectivity index (χ2v) is 5.76. The normalized spacial score (nSPS) is 11.8. The van der Waals surface area contributed by atoms with Crippen LogP contribution in [0.1, 0.15) is 32.3 Å². The summed E-state index contributed by atoms with van der Waals surface area (Å²) in [5, 5.41) is 3.52. The molecule has 0 saturated heterocycles. The average molecular weight is 319 g/mol. The summed E-state index contributed by atoms with van der Waals surface area (Å²) in [7, 11) is 0. The van der Waals surface area contributed by atoms with Crippen molar-refractivity contribution in [3.63, 3.8) is 0 Å². The van der Waals surface area contributed by atoms with E-state index in [1.54, 1.807) is 0 Å². The fraction of sp³-hybridized carbons (Fsp3) is 0.571. The van der Waals surface area contributed by atoms with Crippen molar-refractivity contribution in [2.75, 3.05) is 12.4 Å². The number of benzene rings is 1. The van der Waals surface area contributed by atoms with E-state index < -0.39 is 0 Å². The molecule has 0 aliphatic heterocycles. The van der Waals surface area contributed by atoms with Crippen LogP contribution in [0.2, 0.25) is 0 Å². The van der Waals surface area contributed by atoms with Gasteiger partial charge in [-0.1, -0.05) is 41.9 Å². The molecule has 0 saturated carbocycles. The van der Waals surface area contributed by atoms with Crippen molar-refractivity contribution >= 4 is 27.5 Å². The molecule has 0 radical (unpaired) electrons. The molecule has 0 atom stereocenters. The van der Waals surface area contributed by atoms with Crippen LogP contribution in [-0.2, 0) is 6.54 Å². The van der Waals surface area contributed by atoms with E-state index in [-0.39, 0.29) is 5.41 Å². The van der Waals surface area contributed by atoms with Crippen molar-refractivity contribution in [3.8, 4) is 0 Å². The first-order chi connectivity index (χ1) is 8.15. The third kappa shape index (κ3) is 4.61. The largest absolute Gasteiger partial charge is 0.312 e. The molecule has 0 aliphatic rings. The number of halogens is 2. The molecule has 1 rings (SSSR count). The summed E-state index contributed by atoms with van der Waals surface area (Å²) in [5.74, 6) is 0.728. The van der Waals surface area contributed by atoms with E-state index in [1.807, 2.05) is 6.07 Å². The van der Waals surface area contributed by atoms with Gasteiger partial charge in [-0.05, 0) is 36.0 Å². The summed E-state index contributed by atoms with van der Waals surface area (Å²) >= 11 is 9.57. The summed E-state index contributed by atoms with van der Waals surface area (Å²) in [6.45, 7) is 6.31. The maximum atomic E-state index is 6.08. The first-order valence-electron chi connectivity index (χ1n) is 6.17. The topological polar surface area (TPSA) is 12.0 Å². The number of hydrogen-bond acceptors (Lipinski definition) is 1. The third-order valence-electron chi connectivity index (χ3n) is 3.50. The zero-order valence-electron chi connectivity index (χ0n) is 10.6. The first kappa shape index (κ1) is 15.0. The second kappa shape index (κ2) is 7.40. The molecule has 0 bridgehead atoms. The van der Waals surface area contributed by atoms with Gasteiger partial charge in [0, 0.05) is 23.4 Å². The molecule has 1 N–H and O–H groups in total. The fourth-order valence-electron chi connectivity index (χ4n) is 1.86. The van der Waals surface area contributed by atoms with Crippen molar-refractivity contribution in [2.45, 2.75) is 33.2 Å². The van der Waals surface area contributed by atoms with E-state index in [0.29, 0.717) is 0 Å². The van der Waals surface area contributed by atoms with E-state index in [1.165, 1.54) is 5.56 Å². The predicted molar refractivity (Wildman–Crippen MR) is 79.6 cm³/mol. The van der Waals surface area contributed by atoms with Crippen LogP contribution in [0.25, 0.3) is 0 Å². The maximum absolute atomic E-state index is 6.08. The number of alkyl halides is 1. The lowest BCUT2D eigenvalue weighted by atomic mass is 9.84. The highest BCUT2D eigenvalue weighted by Gasteiger charge is 2.24. The Morgan fingerprint density at radius 2 is 2.00 bits per heavy atom. The van der Waals surface area contributed by atoms with Crippen LogP contribution in [0.15, 0.2) is 28.7 Å². The van der Waals surface area contributed by atoms with Crippen LogP contribution < -0.4 is 5.32 Å². The molecule has 0 fully saturated rings. The van der Waals surface area contributed by atoms with Crippen molar-refractivity contribution in [1.29, 1.82) is 0 Å². The molecule has 0 spiro atoms. The molecule has 3 heteroatoms. The van der Waals surface area contributed by atoms with Gasteiger partial charge in [0.05, 0.1) is 0 Å². The lowest BCUT2D eigenvalue weighted by Gasteiger charge is -2.29. The number of hydrogen-bond donors (Lipinski definition) is 1. The highest BCUT2D eigenvalue weighted by atomic mass is 79.9. The van der Waals surface area contributed by atoms with Crippen LogP contribution >= 0.6 is 27.5 Å². The van der Waals surface area contributed by atoms with Crippen LogP contribution in [-0.4, -0.2) is 12.4 Å². The summed E-state index contributed by atoms with van der Waals surface area (Å²) in [4.78, 5) is 0. The Kier molecular flexibility index (Phi) is 6.53. The molecule has 1 aromatic carbocycles. The molecule has 17 heavy (non-hydrogen) atoms. The molecule has 0 aliphatic carbocycles. The summed E-state index contributed by atoms with van der Waals surface area (Å²) in [6, 6.07) is 8.39. The van der Waals surface area contributed by atoms with Gasteiger partial charge < -0.3 is 5.32 Å². The van der Waals surface area contributed by atoms with E-state index >= 15 is 0 Å². The van der Waals surface area contributed by atoms with Gasteiger partial charge in [-0.2, -0.15) is 0 Å². The molecule has 1 nitrogen and oxygen atoms in total. The van der Waals surface area contributed by atoms with Crippen molar-refractivity contribution in [1.82, 2.24) is 5.32 Å². The van der Waals surface area contributed by atoms with Crippen molar-refractivity contribution < 1.29 is 0 Å². The molecular formula is C14H21BrClN. The van der Waals surface area contributed by atoms with Crippen LogP contribution in [0.5, 0.6) is 0 Å². The molecule has 0 aromatic heterocycles. The van der Waals surface area contributed by atoms with E-state index in [2.05, 4.69) is 53.3 Å². The molecule has 0 heterocycles. The predicted octanol–water partition coefficient (Wildman–Crippen LogP) is 4.58. The van der Waals surface area contributed by atoms with Crippen LogP contribution in [0.3, 0.4) is 0 Å². The minimum Gasteiger partial charge on any atom is -0.312 e. The quantitative estimate of drug-likeness (QED) is 0.725. The Morgan fingerprint density at radius 1 is 1.29 bits per heavy atom. The maximum Gasteiger partial charge on any atom is 0.0291 e.